The van der Waals surface area contributed by atoms with Crippen LogP contribution in [0, 0.1) is 13.8 Å². The van der Waals surface area contributed by atoms with Crippen LogP contribution in [0.15, 0.2) is 36.5 Å². The Morgan fingerprint density at radius 1 is 1.18 bits per heavy atom. The number of nitrogens with zero attached hydrogens (tertiary/aromatic N) is 1. The predicted octanol–water partition coefficient (Wildman–Crippen LogP) is 4.23. The Labute approximate surface area is 106 Å². The molecule has 0 fully saturated rings. The largest absolute Gasteiger partial charge is 0.439 e. The van der Waals surface area contributed by atoms with Gasteiger partial charge in [0.15, 0.2) is 0 Å². The maximum Gasteiger partial charge on any atom is 0.219 e. The SMILES string of the molecule is Cc1ccc(Oc2ccc(CCl)cn2)c(C)c1. The number of alkyl halides is 1. The van der Waals surface area contributed by atoms with Crippen LogP contribution >= 0.6 is 11.6 Å². The third kappa shape index (κ3) is 2.98. The lowest BCUT2D eigenvalue weighted by molar-refractivity contribution is 0.459. The van der Waals surface area contributed by atoms with E-state index >= 15 is 0 Å². The molecule has 0 aliphatic rings. The monoisotopic (exact) mass is 247 g/mol. The molecule has 3 heteroatoms. The normalized spacial score (nSPS) is 10.3. The van der Waals surface area contributed by atoms with Gasteiger partial charge in [-0.3, -0.25) is 0 Å². The van der Waals surface area contributed by atoms with E-state index in [1.807, 2.05) is 31.2 Å². The van der Waals surface area contributed by atoms with Crippen molar-refractivity contribution in [2.45, 2.75) is 19.7 Å². The molecule has 0 atom stereocenters. The van der Waals surface area contributed by atoms with E-state index in [1.54, 1.807) is 6.20 Å². The summed E-state index contributed by atoms with van der Waals surface area (Å²) in [5.41, 5.74) is 3.31. The molecule has 0 saturated heterocycles. The second-order valence-corrected chi connectivity index (χ2v) is 4.28. The third-order valence-corrected chi connectivity index (χ3v) is 2.81. The van der Waals surface area contributed by atoms with Crippen LogP contribution in [0.5, 0.6) is 11.6 Å². The lowest BCUT2D eigenvalue weighted by Crippen LogP contribution is -1.91. The highest BCUT2D eigenvalue weighted by Crippen LogP contribution is 2.24. The van der Waals surface area contributed by atoms with Gasteiger partial charge in [0, 0.05) is 18.1 Å². The second-order valence-electron chi connectivity index (χ2n) is 4.01. The van der Waals surface area contributed by atoms with Crippen molar-refractivity contribution in [1.29, 1.82) is 0 Å². The predicted molar refractivity (Wildman–Crippen MR) is 69.8 cm³/mol. The van der Waals surface area contributed by atoms with Crippen LogP contribution < -0.4 is 4.74 Å². The van der Waals surface area contributed by atoms with E-state index in [-0.39, 0.29) is 0 Å². The average Bonchev–Trinajstić information content (AvgIpc) is 2.34. The van der Waals surface area contributed by atoms with E-state index in [0.29, 0.717) is 11.8 Å². The van der Waals surface area contributed by atoms with Crippen LogP contribution in [0.2, 0.25) is 0 Å². The maximum absolute atomic E-state index is 5.71. The first-order valence-corrected chi connectivity index (χ1v) is 5.98. The lowest BCUT2D eigenvalue weighted by Gasteiger charge is -2.08. The highest BCUT2D eigenvalue weighted by Gasteiger charge is 2.02. The molecular weight excluding hydrogens is 234 g/mol. The molecule has 0 unspecified atom stereocenters. The summed E-state index contributed by atoms with van der Waals surface area (Å²) in [6.45, 7) is 4.08. The van der Waals surface area contributed by atoms with Crippen LogP contribution in [0.3, 0.4) is 0 Å². The number of halogens is 1. The number of rotatable bonds is 3. The van der Waals surface area contributed by atoms with Gasteiger partial charge in [0.1, 0.15) is 5.75 Å². The Bertz CT molecular complexity index is 508. The molecule has 0 bridgehead atoms. The molecule has 2 rings (SSSR count). The summed E-state index contributed by atoms with van der Waals surface area (Å²) in [7, 11) is 0. The highest BCUT2D eigenvalue weighted by atomic mass is 35.5. The summed E-state index contributed by atoms with van der Waals surface area (Å²) in [5, 5.41) is 0. The summed E-state index contributed by atoms with van der Waals surface area (Å²) in [4.78, 5) is 4.20. The summed E-state index contributed by atoms with van der Waals surface area (Å²) >= 11 is 5.70. The Hall–Kier alpha value is -1.54. The minimum Gasteiger partial charge on any atom is -0.439 e. The van der Waals surface area contributed by atoms with Gasteiger partial charge in [-0.05, 0) is 31.0 Å². The van der Waals surface area contributed by atoms with Crippen LogP contribution in [0.25, 0.3) is 0 Å². The van der Waals surface area contributed by atoms with Gasteiger partial charge in [-0.2, -0.15) is 0 Å². The van der Waals surface area contributed by atoms with Crippen molar-refractivity contribution in [2.75, 3.05) is 0 Å². The fraction of sp³-hybridized carbons (Fsp3) is 0.214. The number of hydrogen-bond donors (Lipinski definition) is 0. The van der Waals surface area contributed by atoms with E-state index in [1.165, 1.54) is 5.56 Å². The van der Waals surface area contributed by atoms with Crippen LogP contribution in [-0.4, -0.2) is 4.98 Å². The molecule has 17 heavy (non-hydrogen) atoms. The van der Waals surface area contributed by atoms with Gasteiger partial charge in [0.25, 0.3) is 0 Å². The minimum absolute atomic E-state index is 0.469. The summed E-state index contributed by atoms with van der Waals surface area (Å²) in [5.74, 6) is 1.89. The quantitative estimate of drug-likeness (QED) is 0.758. The van der Waals surface area contributed by atoms with Gasteiger partial charge in [-0.15, -0.1) is 11.6 Å². The third-order valence-electron chi connectivity index (χ3n) is 2.50. The molecule has 0 amide bonds. The van der Waals surface area contributed by atoms with Gasteiger partial charge >= 0.3 is 0 Å². The van der Waals surface area contributed by atoms with Crippen molar-refractivity contribution in [3.8, 4) is 11.6 Å². The van der Waals surface area contributed by atoms with Gasteiger partial charge in [-0.1, -0.05) is 23.8 Å². The fourth-order valence-corrected chi connectivity index (χ4v) is 1.73. The Morgan fingerprint density at radius 2 is 2.00 bits per heavy atom. The van der Waals surface area contributed by atoms with Crippen molar-refractivity contribution < 1.29 is 4.74 Å². The molecular formula is C14H14ClNO. The molecule has 0 spiro atoms. The molecule has 2 nitrogen and oxygen atoms in total. The number of aryl methyl sites for hydroxylation is 2. The number of hydrogen-bond acceptors (Lipinski definition) is 2. The first kappa shape index (κ1) is 11.9. The standard InChI is InChI=1S/C14H14ClNO/c1-10-3-5-13(11(2)7-10)17-14-6-4-12(8-15)9-16-14/h3-7,9H,8H2,1-2H3. The summed E-state index contributed by atoms with van der Waals surface area (Å²) in [6.07, 6.45) is 1.73. The van der Waals surface area contributed by atoms with Crippen LogP contribution in [0.4, 0.5) is 0 Å². The maximum atomic E-state index is 5.71. The molecule has 0 N–H and O–H groups in total. The molecule has 0 radical (unpaired) electrons. The van der Waals surface area contributed by atoms with Gasteiger partial charge < -0.3 is 4.74 Å². The molecule has 1 aromatic carbocycles. The molecule has 0 aliphatic carbocycles. The van der Waals surface area contributed by atoms with Crippen molar-refractivity contribution in [1.82, 2.24) is 4.98 Å². The number of aromatic nitrogens is 1. The highest BCUT2D eigenvalue weighted by molar-refractivity contribution is 6.17. The Kier molecular flexibility index (Phi) is 3.64. The molecule has 0 aliphatic heterocycles. The fourth-order valence-electron chi connectivity index (χ4n) is 1.58. The average molecular weight is 248 g/mol. The van der Waals surface area contributed by atoms with E-state index in [0.717, 1.165) is 16.9 Å². The minimum atomic E-state index is 0.469. The van der Waals surface area contributed by atoms with Crippen molar-refractivity contribution in [3.05, 3.63) is 53.2 Å². The van der Waals surface area contributed by atoms with Crippen LogP contribution in [-0.2, 0) is 5.88 Å². The van der Waals surface area contributed by atoms with E-state index in [4.69, 9.17) is 16.3 Å². The Balaban J connectivity index is 2.19. The zero-order chi connectivity index (χ0) is 12.3. The zero-order valence-corrected chi connectivity index (χ0v) is 10.7. The zero-order valence-electron chi connectivity index (χ0n) is 9.90. The smallest absolute Gasteiger partial charge is 0.219 e. The number of pyridine rings is 1. The van der Waals surface area contributed by atoms with Gasteiger partial charge in [0.05, 0.1) is 0 Å². The van der Waals surface area contributed by atoms with Gasteiger partial charge in [-0.25, -0.2) is 4.98 Å². The van der Waals surface area contributed by atoms with E-state index < -0.39 is 0 Å². The molecule has 88 valence electrons. The summed E-state index contributed by atoms with van der Waals surface area (Å²) in [6, 6.07) is 9.82. The molecule has 1 heterocycles. The first-order valence-electron chi connectivity index (χ1n) is 5.45. The van der Waals surface area contributed by atoms with Crippen LogP contribution in [0.1, 0.15) is 16.7 Å². The first-order chi connectivity index (χ1) is 8.19. The van der Waals surface area contributed by atoms with E-state index in [2.05, 4.69) is 18.0 Å². The molecule has 1 aromatic heterocycles. The number of benzene rings is 1. The summed E-state index contributed by atoms with van der Waals surface area (Å²) < 4.78 is 5.71. The van der Waals surface area contributed by atoms with Crippen molar-refractivity contribution in [2.24, 2.45) is 0 Å². The Morgan fingerprint density at radius 3 is 2.59 bits per heavy atom. The van der Waals surface area contributed by atoms with Crippen molar-refractivity contribution >= 4 is 11.6 Å². The van der Waals surface area contributed by atoms with Gasteiger partial charge in [0.2, 0.25) is 5.88 Å². The van der Waals surface area contributed by atoms with E-state index in [9.17, 15) is 0 Å². The topological polar surface area (TPSA) is 22.1 Å². The molecule has 2 aromatic rings. The number of ether oxygens (including phenoxy) is 1. The molecule has 0 saturated carbocycles. The lowest BCUT2D eigenvalue weighted by atomic mass is 10.1. The van der Waals surface area contributed by atoms with Crippen molar-refractivity contribution in [3.63, 3.8) is 0 Å². The second kappa shape index (κ2) is 5.19.